The van der Waals surface area contributed by atoms with E-state index in [0.29, 0.717) is 13.1 Å². The van der Waals surface area contributed by atoms with Crippen LogP contribution in [0.5, 0.6) is 0 Å². The third-order valence-electron chi connectivity index (χ3n) is 2.88. The molecule has 0 aromatic carbocycles. The van der Waals surface area contributed by atoms with E-state index in [2.05, 4.69) is 10.6 Å². The lowest BCUT2D eigenvalue weighted by atomic mass is 10.1. The number of hydrogen-bond acceptors (Lipinski definition) is 4. The maximum Gasteiger partial charge on any atom is 0.326 e. The summed E-state index contributed by atoms with van der Waals surface area (Å²) in [4.78, 5) is 46.1. The van der Waals surface area contributed by atoms with E-state index in [9.17, 15) is 19.2 Å². The van der Waals surface area contributed by atoms with Gasteiger partial charge in [-0.1, -0.05) is 0 Å². The van der Waals surface area contributed by atoms with Gasteiger partial charge in [0.2, 0.25) is 11.8 Å². The van der Waals surface area contributed by atoms with Crippen LogP contribution >= 0.6 is 0 Å². The highest BCUT2D eigenvalue weighted by Crippen LogP contribution is 2.02. The Bertz CT molecular complexity index is 412. The molecule has 9 heteroatoms. The fourth-order valence-corrected chi connectivity index (χ4v) is 1.75. The number of carbonyl (C=O) groups is 4. The molecule has 0 aromatic heterocycles. The molecule has 0 saturated carbocycles. The van der Waals surface area contributed by atoms with Crippen LogP contribution in [-0.2, 0) is 14.4 Å². The summed E-state index contributed by atoms with van der Waals surface area (Å²) in [5.41, 5.74) is 4.95. The second-order valence-corrected chi connectivity index (χ2v) is 4.43. The van der Waals surface area contributed by atoms with E-state index in [1.807, 2.05) is 0 Å². The summed E-state index contributed by atoms with van der Waals surface area (Å²) in [6.07, 6.45) is -0.0227. The Balaban J connectivity index is 2.54. The monoisotopic (exact) mass is 286 g/mol. The Kier molecular flexibility index (Phi) is 5.75. The quantitative estimate of drug-likeness (QED) is 0.473. The molecule has 1 aliphatic rings. The SMILES string of the molecule is NC(=O)CC[C@@H](NC(=O)N1CCNC(=O)CC1)C(=O)O. The van der Waals surface area contributed by atoms with E-state index in [4.69, 9.17) is 10.8 Å². The zero-order chi connectivity index (χ0) is 15.1. The Morgan fingerprint density at radius 3 is 2.70 bits per heavy atom. The first-order valence-electron chi connectivity index (χ1n) is 6.23. The highest BCUT2D eigenvalue weighted by molar-refractivity contribution is 5.84. The molecule has 0 aromatic rings. The van der Waals surface area contributed by atoms with Crippen LogP contribution in [0.2, 0.25) is 0 Å². The predicted octanol–water partition coefficient (Wildman–Crippen LogP) is -1.76. The Morgan fingerprint density at radius 1 is 1.40 bits per heavy atom. The predicted molar refractivity (Wildman–Crippen MR) is 67.6 cm³/mol. The van der Waals surface area contributed by atoms with Crippen LogP contribution in [-0.4, -0.2) is 59.5 Å². The van der Waals surface area contributed by atoms with Crippen LogP contribution in [0.15, 0.2) is 0 Å². The molecule has 4 amide bonds. The van der Waals surface area contributed by atoms with E-state index >= 15 is 0 Å². The topological polar surface area (TPSA) is 142 Å². The van der Waals surface area contributed by atoms with Crippen molar-refractivity contribution in [3.8, 4) is 0 Å². The molecule has 1 heterocycles. The number of carboxylic acid groups (broad SMARTS) is 1. The number of hydrogen-bond donors (Lipinski definition) is 4. The van der Waals surface area contributed by atoms with Gasteiger partial charge in [0.1, 0.15) is 6.04 Å². The van der Waals surface area contributed by atoms with Crippen molar-refractivity contribution in [3.63, 3.8) is 0 Å². The number of urea groups is 1. The number of amides is 4. The lowest BCUT2D eigenvalue weighted by Gasteiger charge is -2.22. The minimum atomic E-state index is -1.23. The molecule has 0 spiro atoms. The zero-order valence-corrected chi connectivity index (χ0v) is 10.9. The van der Waals surface area contributed by atoms with Crippen molar-refractivity contribution < 1.29 is 24.3 Å². The van der Waals surface area contributed by atoms with Crippen LogP contribution in [0.1, 0.15) is 19.3 Å². The molecule has 0 unspecified atom stereocenters. The second-order valence-electron chi connectivity index (χ2n) is 4.43. The fraction of sp³-hybridized carbons (Fsp3) is 0.636. The number of nitrogens with one attached hydrogen (secondary N) is 2. The molecule has 1 fully saturated rings. The van der Waals surface area contributed by atoms with E-state index < -0.39 is 23.9 Å². The summed E-state index contributed by atoms with van der Waals surface area (Å²) in [5.74, 6) is -2.01. The van der Waals surface area contributed by atoms with Crippen LogP contribution in [0.4, 0.5) is 4.79 Å². The Morgan fingerprint density at radius 2 is 2.10 bits per heavy atom. The summed E-state index contributed by atoms with van der Waals surface area (Å²) in [6.45, 7) is 0.852. The summed E-state index contributed by atoms with van der Waals surface area (Å²) in [5, 5.41) is 13.9. The summed E-state index contributed by atoms with van der Waals surface area (Å²) < 4.78 is 0. The number of rotatable bonds is 5. The van der Waals surface area contributed by atoms with Gasteiger partial charge in [-0.05, 0) is 6.42 Å². The van der Waals surface area contributed by atoms with Crippen molar-refractivity contribution in [2.45, 2.75) is 25.3 Å². The molecule has 1 saturated heterocycles. The average molecular weight is 286 g/mol. The second kappa shape index (κ2) is 7.31. The molecule has 112 valence electrons. The average Bonchev–Trinajstić information content (AvgIpc) is 2.58. The molecular weight excluding hydrogens is 268 g/mol. The van der Waals surface area contributed by atoms with Gasteiger partial charge < -0.3 is 26.4 Å². The van der Waals surface area contributed by atoms with Crippen molar-refractivity contribution in [2.24, 2.45) is 5.73 Å². The van der Waals surface area contributed by atoms with Gasteiger partial charge in [0.25, 0.3) is 0 Å². The van der Waals surface area contributed by atoms with E-state index in [-0.39, 0.29) is 31.7 Å². The van der Waals surface area contributed by atoms with Gasteiger partial charge in [-0.2, -0.15) is 0 Å². The lowest BCUT2D eigenvalue weighted by molar-refractivity contribution is -0.139. The van der Waals surface area contributed by atoms with Gasteiger partial charge in [-0.3, -0.25) is 9.59 Å². The molecular formula is C11H18N4O5. The van der Waals surface area contributed by atoms with Crippen LogP contribution in [0, 0.1) is 0 Å². The van der Waals surface area contributed by atoms with Crippen molar-refractivity contribution in [3.05, 3.63) is 0 Å². The minimum Gasteiger partial charge on any atom is -0.480 e. The molecule has 0 bridgehead atoms. The first kappa shape index (κ1) is 15.7. The molecule has 1 aliphatic heterocycles. The third kappa shape index (κ3) is 5.12. The Labute approximate surface area is 115 Å². The van der Waals surface area contributed by atoms with Crippen LogP contribution in [0.3, 0.4) is 0 Å². The number of nitrogens with two attached hydrogens (primary N) is 1. The molecule has 1 atom stereocenters. The van der Waals surface area contributed by atoms with Crippen LogP contribution in [0.25, 0.3) is 0 Å². The molecule has 5 N–H and O–H groups in total. The summed E-state index contributed by atoms with van der Waals surface area (Å²) in [6, 6.07) is -1.75. The van der Waals surface area contributed by atoms with Gasteiger partial charge >= 0.3 is 12.0 Å². The minimum absolute atomic E-state index is 0.0680. The maximum atomic E-state index is 11.9. The van der Waals surface area contributed by atoms with Crippen LogP contribution < -0.4 is 16.4 Å². The van der Waals surface area contributed by atoms with Crippen molar-refractivity contribution in [2.75, 3.05) is 19.6 Å². The van der Waals surface area contributed by atoms with Crippen molar-refractivity contribution in [1.29, 1.82) is 0 Å². The van der Waals surface area contributed by atoms with Gasteiger partial charge in [0, 0.05) is 32.5 Å². The largest absolute Gasteiger partial charge is 0.480 e. The van der Waals surface area contributed by atoms with E-state index in [1.165, 1.54) is 4.90 Å². The maximum absolute atomic E-state index is 11.9. The fourth-order valence-electron chi connectivity index (χ4n) is 1.75. The number of primary amides is 1. The normalized spacial score (nSPS) is 16.8. The zero-order valence-electron chi connectivity index (χ0n) is 10.9. The molecule has 20 heavy (non-hydrogen) atoms. The third-order valence-corrected chi connectivity index (χ3v) is 2.88. The molecule has 9 nitrogen and oxygen atoms in total. The standard InChI is InChI=1S/C11H18N4O5/c12-8(16)2-1-7(10(18)19)14-11(20)15-5-3-9(17)13-4-6-15/h7H,1-6H2,(H2,12,16)(H,13,17)(H,14,20)(H,18,19)/t7-/m1/s1. The van der Waals surface area contributed by atoms with Gasteiger partial charge in [-0.15, -0.1) is 0 Å². The highest BCUT2D eigenvalue weighted by atomic mass is 16.4. The Hall–Kier alpha value is -2.32. The first-order valence-corrected chi connectivity index (χ1v) is 6.23. The highest BCUT2D eigenvalue weighted by Gasteiger charge is 2.24. The lowest BCUT2D eigenvalue weighted by Crippen LogP contribution is -2.49. The molecule has 0 aliphatic carbocycles. The number of carbonyl (C=O) groups excluding carboxylic acids is 3. The number of nitrogens with zero attached hydrogens (tertiary/aromatic N) is 1. The first-order chi connectivity index (χ1) is 9.40. The van der Waals surface area contributed by atoms with Gasteiger partial charge in [-0.25, -0.2) is 9.59 Å². The van der Waals surface area contributed by atoms with Gasteiger partial charge in [0.05, 0.1) is 0 Å². The number of carboxylic acids is 1. The van der Waals surface area contributed by atoms with Crippen molar-refractivity contribution >= 4 is 23.8 Å². The van der Waals surface area contributed by atoms with Gasteiger partial charge in [0.15, 0.2) is 0 Å². The number of aliphatic carboxylic acids is 1. The van der Waals surface area contributed by atoms with E-state index in [1.54, 1.807) is 0 Å². The summed E-state index contributed by atoms with van der Waals surface area (Å²) in [7, 11) is 0. The smallest absolute Gasteiger partial charge is 0.326 e. The van der Waals surface area contributed by atoms with E-state index in [0.717, 1.165) is 0 Å². The molecule has 1 rings (SSSR count). The molecule has 0 radical (unpaired) electrons. The van der Waals surface area contributed by atoms with Crippen molar-refractivity contribution in [1.82, 2.24) is 15.5 Å². The summed E-state index contributed by atoms with van der Waals surface area (Å²) >= 11 is 0.